The molecule has 106 valence electrons. The Morgan fingerprint density at radius 3 is 2.55 bits per heavy atom. The highest BCUT2D eigenvalue weighted by Crippen LogP contribution is 2.26. The molecular weight excluding hydrogens is 274 g/mol. The van der Waals surface area contributed by atoms with Crippen molar-refractivity contribution in [2.45, 2.75) is 33.7 Å². The number of pyridine rings is 1. The van der Waals surface area contributed by atoms with Gasteiger partial charge in [-0.2, -0.15) is 0 Å². The predicted octanol–water partition coefficient (Wildman–Crippen LogP) is 3.33. The van der Waals surface area contributed by atoms with Crippen LogP contribution in [0.1, 0.15) is 45.4 Å². The first-order valence-corrected chi connectivity index (χ1v) is 7.16. The van der Waals surface area contributed by atoms with Gasteiger partial charge in [-0.1, -0.05) is 0 Å². The molecule has 2 rings (SSSR count). The van der Waals surface area contributed by atoms with E-state index in [1.54, 1.807) is 24.3 Å². The van der Waals surface area contributed by atoms with Crippen LogP contribution in [-0.4, -0.2) is 21.0 Å². The van der Waals surface area contributed by atoms with Crippen molar-refractivity contribution in [3.05, 3.63) is 39.1 Å². The van der Waals surface area contributed by atoms with E-state index in [0.717, 1.165) is 16.4 Å². The van der Waals surface area contributed by atoms with Crippen LogP contribution in [0.2, 0.25) is 0 Å². The Bertz CT molecular complexity index is 652. The van der Waals surface area contributed by atoms with Crippen molar-refractivity contribution >= 4 is 23.0 Å². The first-order chi connectivity index (χ1) is 9.38. The lowest BCUT2D eigenvalue weighted by Gasteiger charge is -2.16. The zero-order chi connectivity index (χ0) is 14.9. The number of nitrogens with one attached hydrogen (secondary N) is 1. The third-order valence-electron chi connectivity index (χ3n) is 2.92. The van der Waals surface area contributed by atoms with Crippen molar-refractivity contribution in [2.75, 3.05) is 5.32 Å². The fourth-order valence-electron chi connectivity index (χ4n) is 2.08. The van der Waals surface area contributed by atoms with E-state index >= 15 is 0 Å². The number of carboxylic acids is 1. The van der Waals surface area contributed by atoms with Gasteiger partial charge in [-0.25, -0.2) is 9.78 Å². The maximum Gasteiger partial charge on any atom is 0.339 e. The van der Waals surface area contributed by atoms with Crippen LogP contribution in [-0.2, 0) is 0 Å². The average molecular weight is 291 g/mol. The van der Waals surface area contributed by atoms with E-state index in [4.69, 9.17) is 0 Å². The van der Waals surface area contributed by atoms with Crippen LogP contribution < -0.4 is 5.32 Å². The van der Waals surface area contributed by atoms with Crippen molar-refractivity contribution in [3.63, 3.8) is 0 Å². The van der Waals surface area contributed by atoms with Gasteiger partial charge in [0.25, 0.3) is 0 Å². The number of hydrogen-bond donors (Lipinski definition) is 2. The molecule has 1 unspecified atom stereocenters. The number of anilines is 1. The normalized spacial score (nSPS) is 12.2. The highest BCUT2D eigenvalue weighted by molar-refractivity contribution is 7.09. The van der Waals surface area contributed by atoms with Gasteiger partial charge in [0.15, 0.2) is 0 Å². The van der Waals surface area contributed by atoms with Crippen molar-refractivity contribution in [1.82, 2.24) is 9.97 Å². The van der Waals surface area contributed by atoms with Gasteiger partial charge in [0.05, 0.1) is 17.4 Å². The molecule has 0 amide bonds. The summed E-state index contributed by atoms with van der Waals surface area (Å²) >= 11 is 1.56. The van der Waals surface area contributed by atoms with Gasteiger partial charge in [-0.05, 0) is 33.8 Å². The van der Waals surface area contributed by atoms with Gasteiger partial charge in [-0.15, -0.1) is 11.3 Å². The molecule has 2 aromatic rings. The number of thiazole rings is 1. The minimum absolute atomic E-state index is 0.0481. The number of aromatic carboxylic acids is 1. The molecule has 0 saturated heterocycles. The number of carboxylic acid groups (broad SMARTS) is 1. The summed E-state index contributed by atoms with van der Waals surface area (Å²) in [5.74, 6) is -0.972. The summed E-state index contributed by atoms with van der Waals surface area (Å²) in [6.07, 6.45) is 0. The van der Waals surface area contributed by atoms with E-state index in [2.05, 4.69) is 15.3 Å². The standard InChI is InChI=1S/C14H17N3O2S/c1-7-5-11(12(14(18)19)9(3)15-7)17-10(4)13-16-8(2)6-20-13/h5-6,10H,1-4H3,(H,15,17)(H,18,19). The Morgan fingerprint density at radius 2 is 2.00 bits per heavy atom. The van der Waals surface area contributed by atoms with E-state index in [0.29, 0.717) is 11.4 Å². The Morgan fingerprint density at radius 1 is 1.30 bits per heavy atom. The van der Waals surface area contributed by atoms with Crippen LogP contribution in [0.5, 0.6) is 0 Å². The molecule has 0 aromatic carbocycles. The molecule has 0 spiro atoms. The Hall–Kier alpha value is -1.95. The molecular formula is C14H17N3O2S. The molecule has 6 heteroatoms. The smallest absolute Gasteiger partial charge is 0.339 e. The molecule has 0 fully saturated rings. The van der Waals surface area contributed by atoms with Gasteiger partial charge in [-0.3, -0.25) is 4.98 Å². The molecule has 0 saturated carbocycles. The largest absolute Gasteiger partial charge is 0.478 e. The number of hydrogen-bond acceptors (Lipinski definition) is 5. The molecule has 0 aliphatic heterocycles. The van der Waals surface area contributed by atoms with Crippen molar-refractivity contribution < 1.29 is 9.90 Å². The lowest BCUT2D eigenvalue weighted by Crippen LogP contribution is -2.13. The Kier molecular flexibility index (Phi) is 4.04. The maximum absolute atomic E-state index is 11.4. The van der Waals surface area contributed by atoms with Crippen LogP contribution >= 0.6 is 11.3 Å². The van der Waals surface area contributed by atoms with Crippen molar-refractivity contribution in [3.8, 4) is 0 Å². The number of nitrogens with zero attached hydrogens (tertiary/aromatic N) is 2. The summed E-state index contributed by atoms with van der Waals surface area (Å²) in [5.41, 5.74) is 3.08. The third-order valence-corrected chi connectivity index (χ3v) is 4.07. The summed E-state index contributed by atoms with van der Waals surface area (Å²) < 4.78 is 0. The quantitative estimate of drug-likeness (QED) is 0.903. The van der Waals surface area contributed by atoms with Crippen molar-refractivity contribution in [2.24, 2.45) is 0 Å². The van der Waals surface area contributed by atoms with Crippen LogP contribution in [0.25, 0.3) is 0 Å². The van der Waals surface area contributed by atoms with Gasteiger partial charge in [0.2, 0.25) is 0 Å². The molecule has 5 nitrogen and oxygen atoms in total. The fourth-order valence-corrected chi connectivity index (χ4v) is 2.88. The van der Waals surface area contributed by atoms with Crippen LogP contribution in [0.15, 0.2) is 11.4 Å². The molecule has 0 bridgehead atoms. The second kappa shape index (κ2) is 5.58. The number of aryl methyl sites for hydroxylation is 3. The minimum Gasteiger partial charge on any atom is -0.478 e. The molecule has 20 heavy (non-hydrogen) atoms. The minimum atomic E-state index is -0.972. The second-order valence-electron chi connectivity index (χ2n) is 4.77. The topological polar surface area (TPSA) is 75.1 Å². The van der Waals surface area contributed by atoms with Crippen LogP contribution in [0, 0.1) is 20.8 Å². The maximum atomic E-state index is 11.4. The zero-order valence-electron chi connectivity index (χ0n) is 11.9. The van der Waals surface area contributed by atoms with E-state index < -0.39 is 5.97 Å². The van der Waals surface area contributed by atoms with E-state index in [9.17, 15) is 9.90 Å². The molecule has 1 atom stereocenters. The fraction of sp³-hybridized carbons (Fsp3) is 0.357. The molecule has 0 aliphatic carbocycles. The van der Waals surface area contributed by atoms with Gasteiger partial charge in [0.1, 0.15) is 10.6 Å². The van der Waals surface area contributed by atoms with Gasteiger partial charge in [0, 0.05) is 16.8 Å². The van der Waals surface area contributed by atoms with Crippen molar-refractivity contribution in [1.29, 1.82) is 0 Å². The predicted molar refractivity (Wildman–Crippen MR) is 79.6 cm³/mol. The summed E-state index contributed by atoms with van der Waals surface area (Å²) in [7, 11) is 0. The lowest BCUT2D eigenvalue weighted by atomic mass is 10.1. The average Bonchev–Trinajstić information content (AvgIpc) is 2.74. The first kappa shape index (κ1) is 14.5. The molecule has 0 aliphatic rings. The second-order valence-corrected chi connectivity index (χ2v) is 5.66. The summed E-state index contributed by atoms with van der Waals surface area (Å²) in [4.78, 5) is 20.0. The van der Waals surface area contributed by atoms with Gasteiger partial charge >= 0.3 is 5.97 Å². The van der Waals surface area contributed by atoms with Gasteiger partial charge < -0.3 is 10.4 Å². The van der Waals surface area contributed by atoms with E-state index in [1.165, 1.54) is 0 Å². The van der Waals surface area contributed by atoms with E-state index in [1.807, 2.05) is 26.2 Å². The molecule has 2 N–H and O–H groups in total. The Balaban J connectivity index is 2.35. The molecule has 2 aromatic heterocycles. The summed E-state index contributed by atoms with van der Waals surface area (Å²) in [5, 5.41) is 15.5. The lowest BCUT2D eigenvalue weighted by molar-refractivity contribution is 0.0696. The third kappa shape index (κ3) is 2.96. The molecule has 0 radical (unpaired) electrons. The summed E-state index contributed by atoms with van der Waals surface area (Å²) in [6.45, 7) is 7.47. The monoisotopic (exact) mass is 291 g/mol. The highest BCUT2D eigenvalue weighted by atomic mass is 32.1. The van der Waals surface area contributed by atoms with Crippen LogP contribution in [0.3, 0.4) is 0 Å². The number of aromatic nitrogens is 2. The summed E-state index contributed by atoms with van der Waals surface area (Å²) in [6, 6.07) is 1.71. The molecule has 2 heterocycles. The Labute approximate surface area is 121 Å². The number of carbonyl (C=O) groups is 1. The van der Waals surface area contributed by atoms with Crippen LogP contribution in [0.4, 0.5) is 5.69 Å². The number of rotatable bonds is 4. The highest BCUT2D eigenvalue weighted by Gasteiger charge is 2.18. The van der Waals surface area contributed by atoms with E-state index in [-0.39, 0.29) is 11.6 Å². The SMILES string of the molecule is Cc1csc(C(C)Nc2cc(C)nc(C)c2C(=O)O)n1. The zero-order valence-corrected chi connectivity index (χ0v) is 12.7. The first-order valence-electron chi connectivity index (χ1n) is 6.28.